The molecule has 2 rings (SSSR count). The van der Waals surface area contributed by atoms with Crippen LogP contribution < -0.4 is 5.32 Å². The minimum Gasteiger partial charge on any atom is -0.481 e. The molecular formula is C17H22N2O4. The smallest absolute Gasteiger partial charge is 0.306 e. The van der Waals surface area contributed by atoms with Crippen molar-refractivity contribution in [3.05, 3.63) is 35.4 Å². The van der Waals surface area contributed by atoms with Crippen LogP contribution in [0, 0.1) is 5.92 Å². The van der Waals surface area contributed by atoms with Crippen molar-refractivity contribution < 1.29 is 19.5 Å². The van der Waals surface area contributed by atoms with Crippen molar-refractivity contribution in [2.45, 2.75) is 32.2 Å². The van der Waals surface area contributed by atoms with Crippen LogP contribution in [0.15, 0.2) is 24.3 Å². The first-order valence-corrected chi connectivity index (χ1v) is 7.81. The number of aliphatic carboxylic acids is 1. The summed E-state index contributed by atoms with van der Waals surface area (Å²) in [7, 11) is 1.71. The number of amides is 2. The van der Waals surface area contributed by atoms with Gasteiger partial charge in [-0.2, -0.15) is 0 Å². The number of carbonyl (C=O) groups excluding carboxylic acids is 2. The summed E-state index contributed by atoms with van der Waals surface area (Å²) in [5.41, 5.74) is 0.885. The minimum absolute atomic E-state index is 0.124. The van der Waals surface area contributed by atoms with Gasteiger partial charge in [-0.15, -0.1) is 0 Å². The zero-order chi connectivity index (χ0) is 17.0. The zero-order valence-corrected chi connectivity index (χ0v) is 13.4. The topological polar surface area (TPSA) is 86.7 Å². The number of hydrogen-bond donors (Lipinski definition) is 2. The molecule has 1 aliphatic rings. The van der Waals surface area contributed by atoms with E-state index in [0.29, 0.717) is 36.9 Å². The maximum atomic E-state index is 12.3. The third kappa shape index (κ3) is 4.09. The molecule has 124 valence electrons. The Hall–Kier alpha value is -2.37. The van der Waals surface area contributed by atoms with E-state index in [1.807, 2.05) is 6.92 Å². The normalized spacial score (nSPS) is 20.1. The molecule has 0 aromatic heterocycles. The van der Waals surface area contributed by atoms with Crippen LogP contribution >= 0.6 is 0 Å². The minimum atomic E-state index is -0.808. The predicted molar refractivity (Wildman–Crippen MR) is 85.3 cm³/mol. The molecule has 2 N–H and O–H groups in total. The van der Waals surface area contributed by atoms with Crippen molar-refractivity contribution in [2.24, 2.45) is 5.92 Å². The molecule has 2 amide bonds. The molecule has 0 unspecified atom stereocenters. The van der Waals surface area contributed by atoms with E-state index >= 15 is 0 Å². The average molecular weight is 318 g/mol. The summed E-state index contributed by atoms with van der Waals surface area (Å²) in [4.78, 5) is 37.0. The van der Waals surface area contributed by atoms with Gasteiger partial charge in [0.05, 0.1) is 5.92 Å². The maximum absolute atomic E-state index is 12.3. The lowest BCUT2D eigenvalue weighted by molar-refractivity contribution is -0.141. The van der Waals surface area contributed by atoms with E-state index in [4.69, 9.17) is 5.11 Å². The van der Waals surface area contributed by atoms with Gasteiger partial charge in [0.15, 0.2) is 0 Å². The van der Waals surface area contributed by atoms with Crippen LogP contribution in [0.25, 0.3) is 0 Å². The zero-order valence-electron chi connectivity index (χ0n) is 13.4. The molecular weight excluding hydrogens is 296 g/mol. The molecule has 1 aromatic rings. The number of nitrogens with zero attached hydrogens (tertiary/aromatic N) is 1. The van der Waals surface area contributed by atoms with Gasteiger partial charge in [-0.05, 0) is 44.4 Å². The number of carboxylic acid groups (broad SMARTS) is 1. The van der Waals surface area contributed by atoms with E-state index < -0.39 is 5.97 Å². The third-order valence-corrected chi connectivity index (χ3v) is 4.31. The Labute approximate surface area is 135 Å². The second kappa shape index (κ2) is 7.26. The van der Waals surface area contributed by atoms with Crippen LogP contribution in [0.5, 0.6) is 0 Å². The van der Waals surface area contributed by atoms with Crippen LogP contribution in [0.2, 0.25) is 0 Å². The van der Waals surface area contributed by atoms with Crippen LogP contribution in [-0.4, -0.2) is 47.4 Å². The van der Waals surface area contributed by atoms with Gasteiger partial charge in [0.1, 0.15) is 0 Å². The third-order valence-electron chi connectivity index (χ3n) is 4.31. The van der Waals surface area contributed by atoms with Gasteiger partial charge >= 0.3 is 5.97 Å². The molecule has 0 spiro atoms. The van der Waals surface area contributed by atoms with Crippen molar-refractivity contribution in [3.63, 3.8) is 0 Å². The van der Waals surface area contributed by atoms with Gasteiger partial charge in [-0.1, -0.05) is 6.07 Å². The fourth-order valence-corrected chi connectivity index (χ4v) is 2.76. The summed E-state index contributed by atoms with van der Waals surface area (Å²) < 4.78 is 0. The van der Waals surface area contributed by atoms with Crippen molar-refractivity contribution >= 4 is 17.8 Å². The van der Waals surface area contributed by atoms with Crippen LogP contribution in [-0.2, 0) is 4.79 Å². The number of hydrogen-bond acceptors (Lipinski definition) is 3. The van der Waals surface area contributed by atoms with Crippen molar-refractivity contribution in [2.75, 3.05) is 13.6 Å². The Morgan fingerprint density at radius 2 is 1.96 bits per heavy atom. The summed E-state index contributed by atoms with van der Waals surface area (Å²) in [6.07, 6.45) is 1.71. The highest BCUT2D eigenvalue weighted by Gasteiger charge is 2.30. The Balaban J connectivity index is 2.03. The highest BCUT2D eigenvalue weighted by atomic mass is 16.4. The molecule has 1 saturated carbocycles. The van der Waals surface area contributed by atoms with Crippen LogP contribution in [0.1, 0.15) is 46.9 Å². The van der Waals surface area contributed by atoms with Gasteiger partial charge in [0.2, 0.25) is 0 Å². The molecule has 0 bridgehead atoms. The summed E-state index contributed by atoms with van der Waals surface area (Å²) in [5, 5.41) is 11.9. The van der Waals surface area contributed by atoms with E-state index in [0.717, 1.165) is 0 Å². The average Bonchev–Trinajstić information content (AvgIpc) is 3.02. The van der Waals surface area contributed by atoms with E-state index in [1.54, 1.807) is 36.2 Å². The lowest BCUT2D eigenvalue weighted by Gasteiger charge is -2.16. The molecule has 1 aromatic carbocycles. The Morgan fingerprint density at radius 1 is 1.26 bits per heavy atom. The largest absolute Gasteiger partial charge is 0.481 e. The fourth-order valence-electron chi connectivity index (χ4n) is 2.76. The fraction of sp³-hybridized carbons (Fsp3) is 0.471. The monoisotopic (exact) mass is 318 g/mol. The molecule has 0 radical (unpaired) electrons. The summed E-state index contributed by atoms with van der Waals surface area (Å²) in [5.74, 6) is -1.59. The molecule has 1 fully saturated rings. The lowest BCUT2D eigenvalue weighted by atomic mass is 10.1. The number of carboxylic acids is 1. The molecule has 6 nitrogen and oxygen atoms in total. The molecule has 0 heterocycles. The molecule has 23 heavy (non-hydrogen) atoms. The Kier molecular flexibility index (Phi) is 5.36. The Morgan fingerprint density at radius 3 is 2.57 bits per heavy atom. The molecule has 6 heteroatoms. The first kappa shape index (κ1) is 17.0. The number of carbonyl (C=O) groups is 3. The lowest BCUT2D eigenvalue weighted by Crippen LogP contribution is -2.33. The predicted octanol–water partition coefficient (Wildman–Crippen LogP) is 1.76. The maximum Gasteiger partial charge on any atom is 0.306 e. The summed E-state index contributed by atoms with van der Waals surface area (Å²) in [6.45, 7) is 2.47. The highest BCUT2D eigenvalue weighted by molar-refractivity contribution is 5.99. The van der Waals surface area contributed by atoms with Gasteiger partial charge in [-0.3, -0.25) is 14.4 Å². The molecule has 2 atom stereocenters. The quantitative estimate of drug-likeness (QED) is 0.866. The van der Waals surface area contributed by atoms with Crippen molar-refractivity contribution in [3.8, 4) is 0 Å². The van der Waals surface area contributed by atoms with Gasteiger partial charge in [-0.25, -0.2) is 0 Å². The molecule has 0 aliphatic heterocycles. The first-order valence-electron chi connectivity index (χ1n) is 7.81. The van der Waals surface area contributed by atoms with E-state index in [9.17, 15) is 14.4 Å². The van der Waals surface area contributed by atoms with Gasteiger partial charge in [0, 0.05) is 30.8 Å². The SMILES string of the molecule is CCN(C)C(=O)c1cccc(C(=O)N[C@@H]2CC[C@H](C(=O)O)C2)c1. The second-order valence-electron chi connectivity index (χ2n) is 5.92. The summed E-state index contributed by atoms with van der Waals surface area (Å²) >= 11 is 0. The highest BCUT2D eigenvalue weighted by Crippen LogP contribution is 2.25. The van der Waals surface area contributed by atoms with Gasteiger partial charge in [0.25, 0.3) is 11.8 Å². The number of benzene rings is 1. The molecule has 0 saturated heterocycles. The Bertz CT molecular complexity index is 614. The van der Waals surface area contributed by atoms with Crippen LogP contribution in [0.3, 0.4) is 0 Å². The first-order chi connectivity index (χ1) is 10.9. The number of nitrogens with one attached hydrogen (secondary N) is 1. The molecule has 1 aliphatic carbocycles. The van der Waals surface area contributed by atoms with E-state index in [-0.39, 0.29) is 23.8 Å². The van der Waals surface area contributed by atoms with E-state index in [1.165, 1.54) is 0 Å². The summed E-state index contributed by atoms with van der Waals surface area (Å²) in [6, 6.07) is 6.47. The second-order valence-corrected chi connectivity index (χ2v) is 5.92. The standard InChI is InChI=1S/C17H22N2O4/c1-3-19(2)16(21)12-6-4-5-11(9-12)15(20)18-14-8-7-13(10-14)17(22)23/h4-6,9,13-14H,3,7-8,10H2,1-2H3,(H,18,20)(H,22,23)/t13-,14+/m0/s1. The van der Waals surface area contributed by atoms with Crippen molar-refractivity contribution in [1.29, 1.82) is 0 Å². The van der Waals surface area contributed by atoms with Crippen molar-refractivity contribution in [1.82, 2.24) is 10.2 Å². The number of rotatable bonds is 5. The van der Waals surface area contributed by atoms with Gasteiger partial charge < -0.3 is 15.3 Å². The van der Waals surface area contributed by atoms with Crippen LogP contribution in [0.4, 0.5) is 0 Å². The van der Waals surface area contributed by atoms with E-state index in [2.05, 4.69) is 5.32 Å².